The molecule has 0 aliphatic carbocycles. The van der Waals surface area contributed by atoms with E-state index in [0.29, 0.717) is 25.9 Å². The van der Waals surface area contributed by atoms with Gasteiger partial charge >= 0.3 is 0 Å². The summed E-state index contributed by atoms with van der Waals surface area (Å²) in [6, 6.07) is 0. The van der Waals surface area contributed by atoms with Crippen molar-refractivity contribution in [2.45, 2.75) is 71.6 Å². The van der Waals surface area contributed by atoms with Crippen LogP contribution in [0, 0.1) is 0 Å². The van der Waals surface area contributed by atoms with E-state index in [1.165, 1.54) is 6.92 Å². The number of carbonyl (C=O) groups is 2. The highest BCUT2D eigenvalue weighted by Crippen LogP contribution is 2.25. The van der Waals surface area contributed by atoms with Crippen LogP contribution in [0.25, 0.3) is 0 Å². The number of nitrogens with one attached hydrogen (secondary N) is 1. The monoisotopic (exact) mass is 286 g/mol. The van der Waals surface area contributed by atoms with Crippen LogP contribution in [0.3, 0.4) is 0 Å². The van der Waals surface area contributed by atoms with Crippen molar-refractivity contribution in [3.8, 4) is 0 Å². The zero-order valence-electron chi connectivity index (χ0n) is 13.7. The minimum absolute atomic E-state index is 0.0325. The average molecular weight is 286 g/mol. The van der Waals surface area contributed by atoms with E-state index >= 15 is 0 Å². The van der Waals surface area contributed by atoms with Crippen LogP contribution >= 0.6 is 0 Å². The van der Waals surface area contributed by atoms with Gasteiger partial charge in [0.1, 0.15) is 11.7 Å². The lowest BCUT2D eigenvalue weighted by atomic mass is 9.90. The highest BCUT2D eigenvalue weighted by molar-refractivity contribution is 5.92. The van der Waals surface area contributed by atoms with Gasteiger partial charge in [0.15, 0.2) is 11.6 Å². The second-order valence-electron chi connectivity index (χ2n) is 5.72. The summed E-state index contributed by atoms with van der Waals surface area (Å²) in [6.07, 6.45) is 0.485. The van der Waals surface area contributed by atoms with Crippen molar-refractivity contribution in [2.75, 3.05) is 13.1 Å². The number of ketones is 2. The summed E-state index contributed by atoms with van der Waals surface area (Å²) in [7, 11) is 0. The molecule has 118 valence electrons. The van der Waals surface area contributed by atoms with E-state index in [4.69, 9.17) is 10.5 Å². The highest BCUT2D eigenvalue weighted by atomic mass is 16.5. The van der Waals surface area contributed by atoms with Gasteiger partial charge in [-0.25, -0.2) is 0 Å². The topological polar surface area (TPSA) is 81.4 Å². The van der Waals surface area contributed by atoms with Crippen LogP contribution in [-0.4, -0.2) is 41.9 Å². The fourth-order valence-corrected chi connectivity index (χ4v) is 2.37. The Hall–Kier alpha value is -0.780. The maximum absolute atomic E-state index is 12.5. The van der Waals surface area contributed by atoms with Crippen LogP contribution in [0.4, 0.5) is 0 Å². The molecule has 5 nitrogen and oxygen atoms in total. The largest absolute Gasteiger partial charge is 0.356 e. The first-order valence-electron chi connectivity index (χ1n) is 7.35. The number of hydrogen-bond donors (Lipinski definition) is 2. The Kier molecular flexibility index (Phi) is 7.55. The quantitative estimate of drug-likeness (QED) is 0.635. The molecule has 0 aromatic heterocycles. The summed E-state index contributed by atoms with van der Waals surface area (Å²) in [4.78, 5) is 24.3. The number of hydrogen-bond acceptors (Lipinski definition) is 5. The van der Waals surface area contributed by atoms with Crippen molar-refractivity contribution in [3.63, 3.8) is 0 Å². The maximum Gasteiger partial charge on any atom is 0.180 e. The molecule has 1 atom stereocenters. The van der Waals surface area contributed by atoms with Crippen molar-refractivity contribution in [3.05, 3.63) is 0 Å². The summed E-state index contributed by atoms with van der Waals surface area (Å²) < 4.78 is 5.86. The van der Waals surface area contributed by atoms with Crippen molar-refractivity contribution in [2.24, 2.45) is 5.73 Å². The molecule has 20 heavy (non-hydrogen) atoms. The van der Waals surface area contributed by atoms with E-state index in [-0.39, 0.29) is 11.6 Å². The summed E-state index contributed by atoms with van der Waals surface area (Å²) in [5, 5.41) is 3.10. The lowest BCUT2D eigenvalue weighted by Crippen LogP contribution is -2.54. The van der Waals surface area contributed by atoms with E-state index < -0.39 is 17.2 Å². The van der Waals surface area contributed by atoms with E-state index in [1.807, 2.05) is 13.8 Å². The van der Waals surface area contributed by atoms with Crippen LogP contribution in [0.2, 0.25) is 0 Å². The predicted molar refractivity (Wildman–Crippen MR) is 80.7 cm³/mol. The lowest BCUT2D eigenvalue weighted by molar-refractivity contribution is -0.161. The van der Waals surface area contributed by atoms with Gasteiger partial charge in [-0.05, 0) is 40.5 Å². The normalized spacial score (nSPS) is 14.2. The number of carbonyl (C=O) groups excluding carboxylic acids is 2. The molecule has 0 aliphatic rings. The molecular weight excluding hydrogens is 256 g/mol. The number of nitrogens with two attached hydrogens (primary N) is 1. The Labute approximate surface area is 122 Å². The number of Topliss-reactive ketones (excluding diaryl/α,β-unsaturated/α-hetero) is 2. The molecular formula is C15H30N2O3. The third kappa shape index (κ3) is 4.65. The van der Waals surface area contributed by atoms with Crippen LogP contribution < -0.4 is 11.1 Å². The molecule has 5 heteroatoms. The van der Waals surface area contributed by atoms with Crippen molar-refractivity contribution in [1.82, 2.24) is 5.32 Å². The Balaban J connectivity index is 4.94. The van der Waals surface area contributed by atoms with E-state index in [2.05, 4.69) is 5.32 Å². The number of rotatable bonds is 10. The summed E-state index contributed by atoms with van der Waals surface area (Å²) in [5.41, 5.74) is 3.87. The van der Waals surface area contributed by atoms with Gasteiger partial charge in [-0.2, -0.15) is 0 Å². The minimum Gasteiger partial charge on any atom is -0.356 e. The molecule has 3 N–H and O–H groups in total. The number of ether oxygens (including phenoxy) is 1. The van der Waals surface area contributed by atoms with Crippen molar-refractivity contribution >= 4 is 11.6 Å². The Bertz CT molecular complexity index is 336. The van der Waals surface area contributed by atoms with Crippen LogP contribution in [0.5, 0.6) is 0 Å². The summed E-state index contributed by atoms with van der Waals surface area (Å²) >= 11 is 0. The molecule has 0 saturated carbocycles. The first kappa shape index (κ1) is 19.2. The molecule has 0 amide bonds. The molecule has 0 aromatic carbocycles. The molecule has 0 aromatic rings. The smallest absolute Gasteiger partial charge is 0.180 e. The van der Waals surface area contributed by atoms with Gasteiger partial charge in [-0.3, -0.25) is 9.59 Å². The average Bonchev–Trinajstić information content (AvgIpc) is 2.41. The molecule has 0 spiro atoms. The van der Waals surface area contributed by atoms with E-state index in [9.17, 15) is 9.59 Å². The lowest BCUT2D eigenvalue weighted by Gasteiger charge is -2.35. The zero-order chi connectivity index (χ0) is 16.0. The van der Waals surface area contributed by atoms with Gasteiger partial charge in [0.2, 0.25) is 0 Å². The Morgan fingerprint density at radius 1 is 1.25 bits per heavy atom. The fourth-order valence-electron chi connectivity index (χ4n) is 2.37. The molecule has 0 heterocycles. The van der Waals surface area contributed by atoms with E-state index in [1.54, 1.807) is 20.8 Å². The van der Waals surface area contributed by atoms with Crippen LogP contribution in [0.1, 0.15) is 54.4 Å². The SMILES string of the molecule is CCC(CC)(OC(C)C(=O)C(C)(C)NCCN)C(C)=O. The van der Waals surface area contributed by atoms with Gasteiger partial charge < -0.3 is 15.8 Å². The second-order valence-corrected chi connectivity index (χ2v) is 5.72. The second kappa shape index (κ2) is 7.86. The molecule has 0 bridgehead atoms. The first-order valence-corrected chi connectivity index (χ1v) is 7.35. The van der Waals surface area contributed by atoms with Crippen molar-refractivity contribution in [1.29, 1.82) is 0 Å². The summed E-state index contributed by atoms with van der Waals surface area (Å²) in [5.74, 6) is -0.103. The first-order chi connectivity index (χ1) is 9.16. The fraction of sp³-hybridized carbons (Fsp3) is 0.867. The molecule has 0 radical (unpaired) electrons. The van der Waals surface area contributed by atoms with E-state index in [0.717, 1.165) is 0 Å². The van der Waals surface area contributed by atoms with Crippen LogP contribution in [0.15, 0.2) is 0 Å². The zero-order valence-corrected chi connectivity index (χ0v) is 13.7. The molecule has 0 aliphatic heterocycles. The van der Waals surface area contributed by atoms with Crippen molar-refractivity contribution < 1.29 is 14.3 Å². The van der Waals surface area contributed by atoms with Gasteiger partial charge in [0.05, 0.1) is 5.54 Å². The maximum atomic E-state index is 12.5. The van der Waals surface area contributed by atoms with Gasteiger partial charge in [0.25, 0.3) is 0 Å². The third-order valence-corrected chi connectivity index (χ3v) is 3.88. The third-order valence-electron chi connectivity index (χ3n) is 3.88. The van der Waals surface area contributed by atoms with Crippen LogP contribution in [-0.2, 0) is 14.3 Å². The highest BCUT2D eigenvalue weighted by Gasteiger charge is 2.39. The Morgan fingerprint density at radius 3 is 2.10 bits per heavy atom. The van der Waals surface area contributed by atoms with Gasteiger partial charge in [-0.1, -0.05) is 13.8 Å². The molecule has 1 unspecified atom stereocenters. The molecule has 0 saturated heterocycles. The predicted octanol–water partition coefficient (Wildman–Crippen LogP) is 1.44. The standard InChI is InChI=1S/C15H30N2O3/c1-7-15(8-2,12(4)18)20-11(3)13(19)14(5,6)17-10-9-16/h11,17H,7-10,16H2,1-6H3. The summed E-state index contributed by atoms with van der Waals surface area (Å²) in [6.45, 7) is 11.7. The minimum atomic E-state index is -0.862. The molecule has 0 fully saturated rings. The van der Waals surface area contributed by atoms with Gasteiger partial charge in [-0.15, -0.1) is 0 Å². The molecule has 0 rings (SSSR count). The van der Waals surface area contributed by atoms with Gasteiger partial charge in [0, 0.05) is 13.1 Å². The Morgan fingerprint density at radius 2 is 1.75 bits per heavy atom.